The number of aryl methyl sites for hydroxylation is 2. The number of rotatable bonds is 8. The molecule has 6 heteroatoms. The summed E-state index contributed by atoms with van der Waals surface area (Å²) in [5.74, 6) is 0.671. The van der Waals surface area contributed by atoms with Gasteiger partial charge in [0.15, 0.2) is 0 Å². The van der Waals surface area contributed by atoms with Crippen LogP contribution in [0, 0.1) is 0 Å². The van der Waals surface area contributed by atoms with E-state index in [-0.39, 0.29) is 11.7 Å². The standard InChI is InChI=1S/C24H23N5O/c30-24(26-18-16-20-11-7-8-17-25-20)23-27-22(15-14-19-9-3-1-4-10-19)29(28-23)21-12-5-2-6-13-21/h1-13,17H,14-16,18H2,(H,26,30). The molecule has 4 aromatic rings. The Morgan fingerprint density at radius 3 is 2.30 bits per heavy atom. The Balaban J connectivity index is 1.48. The van der Waals surface area contributed by atoms with E-state index in [9.17, 15) is 4.79 Å². The highest BCUT2D eigenvalue weighted by Gasteiger charge is 2.17. The van der Waals surface area contributed by atoms with Crippen LogP contribution in [0.15, 0.2) is 85.1 Å². The van der Waals surface area contributed by atoms with Gasteiger partial charge in [0, 0.05) is 31.3 Å². The van der Waals surface area contributed by atoms with E-state index >= 15 is 0 Å². The van der Waals surface area contributed by atoms with Crippen molar-refractivity contribution in [3.63, 3.8) is 0 Å². The summed E-state index contributed by atoms with van der Waals surface area (Å²) in [6, 6.07) is 25.8. The molecule has 2 aromatic heterocycles. The Kier molecular flexibility index (Phi) is 6.25. The van der Waals surface area contributed by atoms with Gasteiger partial charge in [0.25, 0.3) is 5.91 Å². The average Bonchev–Trinajstić information content (AvgIpc) is 3.24. The zero-order valence-electron chi connectivity index (χ0n) is 16.6. The first-order valence-electron chi connectivity index (χ1n) is 10.0. The third-order valence-electron chi connectivity index (χ3n) is 4.75. The molecular formula is C24H23N5O. The fourth-order valence-electron chi connectivity index (χ4n) is 3.21. The van der Waals surface area contributed by atoms with Crippen LogP contribution in [0.1, 0.15) is 27.7 Å². The lowest BCUT2D eigenvalue weighted by Crippen LogP contribution is -2.27. The predicted molar refractivity (Wildman–Crippen MR) is 115 cm³/mol. The van der Waals surface area contributed by atoms with Crippen molar-refractivity contribution in [2.24, 2.45) is 0 Å². The molecule has 0 aliphatic carbocycles. The van der Waals surface area contributed by atoms with Gasteiger partial charge in [0.1, 0.15) is 5.82 Å². The number of carbonyl (C=O) groups excluding carboxylic acids is 1. The average molecular weight is 397 g/mol. The van der Waals surface area contributed by atoms with E-state index in [1.54, 1.807) is 10.9 Å². The summed E-state index contributed by atoms with van der Waals surface area (Å²) in [6.07, 6.45) is 3.92. The van der Waals surface area contributed by atoms with E-state index in [1.807, 2.05) is 66.7 Å². The van der Waals surface area contributed by atoms with Gasteiger partial charge in [-0.05, 0) is 36.2 Å². The number of benzene rings is 2. The second kappa shape index (κ2) is 9.60. The molecule has 0 unspecified atom stereocenters. The first-order chi connectivity index (χ1) is 14.8. The van der Waals surface area contributed by atoms with Crippen molar-refractivity contribution in [1.29, 1.82) is 0 Å². The van der Waals surface area contributed by atoms with Gasteiger partial charge in [-0.15, -0.1) is 5.10 Å². The van der Waals surface area contributed by atoms with Crippen LogP contribution in [-0.4, -0.2) is 32.2 Å². The minimum absolute atomic E-state index is 0.183. The topological polar surface area (TPSA) is 72.7 Å². The van der Waals surface area contributed by atoms with E-state index in [2.05, 4.69) is 32.5 Å². The number of pyridine rings is 1. The molecule has 2 heterocycles. The first kappa shape index (κ1) is 19.5. The van der Waals surface area contributed by atoms with Gasteiger partial charge in [-0.25, -0.2) is 9.67 Å². The molecule has 150 valence electrons. The fourth-order valence-corrected chi connectivity index (χ4v) is 3.21. The number of carbonyl (C=O) groups is 1. The number of amides is 1. The Morgan fingerprint density at radius 1 is 0.833 bits per heavy atom. The van der Waals surface area contributed by atoms with Crippen molar-refractivity contribution >= 4 is 5.91 Å². The minimum Gasteiger partial charge on any atom is -0.349 e. The van der Waals surface area contributed by atoms with Gasteiger partial charge >= 0.3 is 0 Å². The zero-order chi connectivity index (χ0) is 20.6. The quantitative estimate of drug-likeness (QED) is 0.494. The van der Waals surface area contributed by atoms with E-state index in [0.717, 1.165) is 23.6 Å². The zero-order valence-corrected chi connectivity index (χ0v) is 16.6. The number of nitrogens with one attached hydrogen (secondary N) is 1. The number of hydrogen-bond acceptors (Lipinski definition) is 4. The van der Waals surface area contributed by atoms with Crippen LogP contribution in [0.2, 0.25) is 0 Å². The van der Waals surface area contributed by atoms with Gasteiger partial charge < -0.3 is 5.32 Å². The minimum atomic E-state index is -0.276. The summed E-state index contributed by atoms with van der Waals surface area (Å²) >= 11 is 0. The molecule has 0 fully saturated rings. The maximum absolute atomic E-state index is 12.6. The maximum Gasteiger partial charge on any atom is 0.290 e. The smallest absolute Gasteiger partial charge is 0.290 e. The van der Waals surface area contributed by atoms with Crippen LogP contribution in [-0.2, 0) is 19.3 Å². The van der Waals surface area contributed by atoms with E-state index in [1.165, 1.54) is 5.56 Å². The first-order valence-corrected chi connectivity index (χ1v) is 10.0. The maximum atomic E-state index is 12.6. The van der Waals surface area contributed by atoms with Gasteiger partial charge in [-0.3, -0.25) is 9.78 Å². The third-order valence-corrected chi connectivity index (χ3v) is 4.75. The van der Waals surface area contributed by atoms with Crippen LogP contribution >= 0.6 is 0 Å². The molecule has 30 heavy (non-hydrogen) atoms. The molecule has 0 bridgehead atoms. The van der Waals surface area contributed by atoms with Gasteiger partial charge in [-0.2, -0.15) is 0 Å². The highest BCUT2D eigenvalue weighted by atomic mass is 16.2. The molecule has 6 nitrogen and oxygen atoms in total. The van der Waals surface area contributed by atoms with Crippen molar-refractivity contribution in [2.75, 3.05) is 6.54 Å². The van der Waals surface area contributed by atoms with Crippen molar-refractivity contribution < 1.29 is 4.79 Å². The number of nitrogens with zero attached hydrogens (tertiary/aromatic N) is 4. The Hall–Kier alpha value is -3.80. The van der Waals surface area contributed by atoms with Gasteiger partial charge in [0.05, 0.1) is 5.69 Å². The normalized spacial score (nSPS) is 10.7. The van der Waals surface area contributed by atoms with Crippen LogP contribution in [0.4, 0.5) is 0 Å². The highest BCUT2D eigenvalue weighted by Crippen LogP contribution is 2.13. The molecule has 0 radical (unpaired) electrons. The van der Waals surface area contributed by atoms with Crippen LogP contribution in [0.5, 0.6) is 0 Å². The molecule has 2 aromatic carbocycles. The molecule has 0 saturated heterocycles. The lowest BCUT2D eigenvalue weighted by atomic mass is 10.1. The monoisotopic (exact) mass is 397 g/mol. The summed E-state index contributed by atoms with van der Waals surface area (Å²) in [7, 11) is 0. The van der Waals surface area contributed by atoms with Crippen LogP contribution < -0.4 is 5.32 Å². The van der Waals surface area contributed by atoms with Crippen molar-refractivity contribution in [2.45, 2.75) is 19.3 Å². The number of aromatic nitrogens is 4. The molecule has 0 saturated carbocycles. The van der Waals surface area contributed by atoms with Gasteiger partial charge in [-0.1, -0.05) is 54.6 Å². The second-order valence-corrected chi connectivity index (χ2v) is 6.91. The van der Waals surface area contributed by atoms with Crippen LogP contribution in [0.25, 0.3) is 5.69 Å². The van der Waals surface area contributed by atoms with Crippen LogP contribution in [0.3, 0.4) is 0 Å². The van der Waals surface area contributed by atoms with E-state index in [4.69, 9.17) is 0 Å². The molecular weight excluding hydrogens is 374 g/mol. The summed E-state index contributed by atoms with van der Waals surface area (Å²) < 4.78 is 1.76. The van der Waals surface area contributed by atoms with Crippen molar-refractivity contribution in [1.82, 2.24) is 25.1 Å². The lowest BCUT2D eigenvalue weighted by molar-refractivity contribution is 0.0943. The second-order valence-electron chi connectivity index (χ2n) is 6.91. The fraction of sp³-hybridized carbons (Fsp3) is 0.167. The summed E-state index contributed by atoms with van der Waals surface area (Å²) in [5.41, 5.74) is 3.05. The molecule has 0 atom stereocenters. The molecule has 1 amide bonds. The molecule has 4 rings (SSSR count). The summed E-state index contributed by atoms with van der Waals surface area (Å²) in [6.45, 7) is 0.481. The van der Waals surface area contributed by atoms with Gasteiger partial charge in [0.2, 0.25) is 5.82 Å². The van der Waals surface area contributed by atoms with Crippen molar-refractivity contribution in [3.8, 4) is 5.69 Å². The highest BCUT2D eigenvalue weighted by molar-refractivity contribution is 5.90. The lowest BCUT2D eigenvalue weighted by Gasteiger charge is -2.05. The molecule has 0 spiro atoms. The van der Waals surface area contributed by atoms with E-state index < -0.39 is 0 Å². The predicted octanol–water partition coefficient (Wildman–Crippen LogP) is 3.42. The SMILES string of the molecule is O=C(NCCc1ccccn1)c1nc(CCc2ccccc2)n(-c2ccccc2)n1. The summed E-state index contributed by atoms with van der Waals surface area (Å²) in [5, 5.41) is 7.39. The Bertz CT molecular complexity index is 1080. The molecule has 1 N–H and O–H groups in total. The summed E-state index contributed by atoms with van der Waals surface area (Å²) in [4.78, 5) is 21.5. The largest absolute Gasteiger partial charge is 0.349 e. The number of para-hydroxylation sites is 1. The Labute approximate surface area is 175 Å². The van der Waals surface area contributed by atoms with E-state index in [0.29, 0.717) is 19.4 Å². The molecule has 0 aliphatic rings. The third kappa shape index (κ3) is 4.97. The Morgan fingerprint density at radius 2 is 1.57 bits per heavy atom. The molecule has 0 aliphatic heterocycles. The number of hydrogen-bond donors (Lipinski definition) is 1. The van der Waals surface area contributed by atoms with Crippen molar-refractivity contribution in [3.05, 3.63) is 108 Å².